The summed E-state index contributed by atoms with van der Waals surface area (Å²) in [6.07, 6.45) is 0. The fourth-order valence-corrected chi connectivity index (χ4v) is 3.02. The zero-order chi connectivity index (χ0) is 17.6. The highest BCUT2D eigenvalue weighted by molar-refractivity contribution is 7.99. The molecule has 0 aliphatic heterocycles. The van der Waals surface area contributed by atoms with Crippen molar-refractivity contribution in [2.45, 2.75) is 11.7 Å². The molecule has 0 radical (unpaired) electrons. The number of nitrogens with zero attached hydrogens (tertiary/aromatic N) is 5. The van der Waals surface area contributed by atoms with E-state index in [1.165, 1.54) is 23.9 Å². The van der Waals surface area contributed by atoms with Crippen molar-refractivity contribution in [3.63, 3.8) is 0 Å². The number of hydrogen-bond donors (Lipinski definition) is 0. The van der Waals surface area contributed by atoms with Crippen molar-refractivity contribution in [2.24, 2.45) is 0 Å². The molecule has 0 aliphatic carbocycles. The van der Waals surface area contributed by atoms with E-state index in [2.05, 4.69) is 15.5 Å². The van der Waals surface area contributed by atoms with Crippen LogP contribution in [0.25, 0.3) is 5.69 Å². The quantitative estimate of drug-likeness (QED) is 0.635. The summed E-state index contributed by atoms with van der Waals surface area (Å²) < 4.78 is 14.5. The summed E-state index contributed by atoms with van der Waals surface area (Å²) in [7, 11) is 1.71. The molecule has 3 rings (SSSR count). The first-order chi connectivity index (χ1) is 12.1. The van der Waals surface area contributed by atoms with Gasteiger partial charge in [-0.1, -0.05) is 42.1 Å². The van der Waals surface area contributed by atoms with Crippen molar-refractivity contribution in [3.8, 4) is 5.69 Å². The summed E-state index contributed by atoms with van der Waals surface area (Å²) >= 11 is 1.27. The fraction of sp³-hybridized carbons (Fsp3) is 0.176. The lowest BCUT2D eigenvalue weighted by Crippen LogP contribution is -2.27. The molecule has 3 aromatic rings. The molecule has 0 saturated heterocycles. The largest absolute Gasteiger partial charge is 0.341 e. The van der Waals surface area contributed by atoms with Gasteiger partial charge in [-0.05, 0) is 40.3 Å². The highest BCUT2D eigenvalue weighted by Crippen LogP contribution is 2.18. The first-order valence-corrected chi connectivity index (χ1v) is 8.57. The van der Waals surface area contributed by atoms with Gasteiger partial charge in [0.15, 0.2) is 0 Å². The summed E-state index contributed by atoms with van der Waals surface area (Å²) in [6, 6.07) is 15.6. The number of amides is 1. The number of carbonyl (C=O) groups is 1. The third-order valence-corrected chi connectivity index (χ3v) is 4.43. The predicted molar refractivity (Wildman–Crippen MR) is 92.8 cm³/mol. The Labute approximate surface area is 148 Å². The maximum Gasteiger partial charge on any atom is 0.233 e. The topological polar surface area (TPSA) is 63.9 Å². The fourth-order valence-electron chi connectivity index (χ4n) is 2.19. The second-order valence-corrected chi connectivity index (χ2v) is 6.32. The monoisotopic (exact) mass is 357 g/mol. The van der Waals surface area contributed by atoms with Crippen LogP contribution in [-0.4, -0.2) is 43.8 Å². The van der Waals surface area contributed by atoms with Crippen LogP contribution in [0.4, 0.5) is 4.39 Å². The lowest BCUT2D eigenvalue weighted by Gasteiger charge is -2.17. The highest BCUT2D eigenvalue weighted by atomic mass is 32.2. The molecular weight excluding hydrogens is 341 g/mol. The second-order valence-electron chi connectivity index (χ2n) is 5.37. The maximum absolute atomic E-state index is 12.9. The summed E-state index contributed by atoms with van der Waals surface area (Å²) in [6.45, 7) is 0.420. The Morgan fingerprint density at radius 1 is 1.16 bits per heavy atom. The number of aromatic nitrogens is 4. The molecule has 0 aliphatic rings. The van der Waals surface area contributed by atoms with Gasteiger partial charge >= 0.3 is 0 Å². The Balaban J connectivity index is 1.59. The molecule has 128 valence electrons. The lowest BCUT2D eigenvalue weighted by atomic mass is 10.2. The maximum atomic E-state index is 12.9. The lowest BCUT2D eigenvalue weighted by molar-refractivity contribution is -0.127. The second kappa shape index (κ2) is 7.89. The molecule has 8 heteroatoms. The molecule has 0 fully saturated rings. The zero-order valence-electron chi connectivity index (χ0n) is 13.5. The van der Waals surface area contributed by atoms with Crippen LogP contribution < -0.4 is 0 Å². The van der Waals surface area contributed by atoms with Gasteiger partial charge in [-0.15, -0.1) is 5.10 Å². The van der Waals surface area contributed by atoms with Crippen LogP contribution in [-0.2, 0) is 11.3 Å². The van der Waals surface area contributed by atoms with Gasteiger partial charge in [0.2, 0.25) is 11.1 Å². The van der Waals surface area contributed by atoms with Crippen LogP contribution in [0, 0.1) is 5.82 Å². The smallest absolute Gasteiger partial charge is 0.233 e. The van der Waals surface area contributed by atoms with E-state index in [4.69, 9.17) is 0 Å². The van der Waals surface area contributed by atoms with Crippen molar-refractivity contribution in [1.82, 2.24) is 25.1 Å². The number of carbonyl (C=O) groups excluding carboxylic acids is 1. The van der Waals surface area contributed by atoms with Gasteiger partial charge in [0.25, 0.3) is 0 Å². The van der Waals surface area contributed by atoms with Crippen LogP contribution in [0.3, 0.4) is 0 Å². The molecule has 1 amide bonds. The normalized spacial score (nSPS) is 10.6. The van der Waals surface area contributed by atoms with Crippen molar-refractivity contribution in [3.05, 3.63) is 66.0 Å². The minimum atomic E-state index is -0.291. The van der Waals surface area contributed by atoms with E-state index in [0.29, 0.717) is 11.7 Å². The van der Waals surface area contributed by atoms with E-state index in [1.807, 2.05) is 30.3 Å². The summed E-state index contributed by atoms with van der Waals surface area (Å²) in [5, 5.41) is 12.2. The molecule has 6 nitrogen and oxygen atoms in total. The van der Waals surface area contributed by atoms with E-state index in [0.717, 1.165) is 11.3 Å². The number of rotatable bonds is 6. The van der Waals surface area contributed by atoms with Crippen LogP contribution in [0.15, 0.2) is 59.8 Å². The van der Waals surface area contributed by atoms with Crippen LogP contribution in [0.1, 0.15) is 5.56 Å². The number of para-hydroxylation sites is 1. The molecule has 0 N–H and O–H groups in total. The third kappa shape index (κ3) is 4.42. The molecule has 1 aromatic heterocycles. The molecule has 25 heavy (non-hydrogen) atoms. The van der Waals surface area contributed by atoms with E-state index in [1.54, 1.807) is 28.8 Å². The van der Waals surface area contributed by atoms with Gasteiger partial charge in [-0.2, -0.15) is 4.68 Å². The van der Waals surface area contributed by atoms with Gasteiger partial charge in [0.05, 0.1) is 11.4 Å². The van der Waals surface area contributed by atoms with Crippen LogP contribution in [0.5, 0.6) is 0 Å². The van der Waals surface area contributed by atoms with Gasteiger partial charge < -0.3 is 4.90 Å². The minimum absolute atomic E-state index is 0.0584. The number of hydrogen-bond acceptors (Lipinski definition) is 5. The van der Waals surface area contributed by atoms with Crippen molar-refractivity contribution >= 4 is 17.7 Å². The number of tetrazole rings is 1. The van der Waals surface area contributed by atoms with Crippen molar-refractivity contribution in [2.75, 3.05) is 12.8 Å². The number of thioether (sulfide) groups is 1. The van der Waals surface area contributed by atoms with Crippen molar-refractivity contribution < 1.29 is 9.18 Å². The Morgan fingerprint density at radius 2 is 1.88 bits per heavy atom. The Kier molecular flexibility index (Phi) is 5.39. The van der Waals surface area contributed by atoms with Crippen LogP contribution >= 0.6 is 11.8 Å². The number of halogens is 1. The first kappa shape index (κ1) is 17.1. The minimum Gasteiger partial charge on any atom is -0.341 e. The third-order valence-electron chi connectivity index (χ3n) is 3.53. The van der Waals surface area contributed by atoms with Gasteiger partial charge in [0, 0.05) is 13.6 Å². The standard InChI is InChI=1S/C17H16FN5OS/c1-22(11-13-7-9-14(18)10-8-13)16(24)12-25-17-19-20-21-23(17)15-5-3-2-4-6-15/h2-10H,11-12H2,1H3. The Hall–Kier alpha value is -2.74. The summed E-state index contributed by atoms with van der Waals surface area (Å²) in [5.41, 5.74) is 1.71. The predicted octanol–water partition coefficient (Wildman–Crippen LogP) is 2.55. The SMILES string of the molecule is CN(Cc1ccc(F)cc1)C(=O)CSc1nnnn1-c1ccccc1. The first-order valence-electron chi connectivity index (χ1n) is 7.58. The Morgan fingerprint density at radius 3 is 2.60 bits per heavy atom. The summed E-state index contributed by atoms with van der Waals surface area (Å²) in [5.74, 6) is -0.136. The average Bonchev–Trinajstić information content (AvgIpc) is 3.11. The molecule has 1 heterocycles. The molecule has 0 atom stereocenters. The van der Waals surface area contributed by atoms with E-state index in [9.17, 15) is 9.18 Å². The zero-order valence-corrected chi connectivity index (χ0v) is 14.4. The Bertz CT molecular complexity index is 838. The average molecular weight is 357 g/mol. The molecule has 0 spiro atoms. The van der Waals surface area contributed by atoms with E-state index >= 15 is 0 Å². The van der Waals surface area contributed by atoms with Gasteiger partial charge in [-0.3, -0.25) is 4.79 Å². The van der Waals surface area contributed by atoms with E-state index in [-0.39, 0.29) is 17.5 Å². The molecule has 2 aromatic carbocycles. The molecule has 0 saturated carbocycles. The molecule has 0 unspecified atom stereocenters. The summed E-state index contributed by atoms with van der Waals surface area (Å²) in [4.78, 5) is 13.9. The number of benzene rings is 2. The van der Waals surface area contributed by atoms with Gasteiger partial charge in [-0.25, -0.2) is 4.39 Å². The molecule has 0 bridgehead atoms. The molecular formula is C17H16FN5OS. The van der Waals surface area contributed by atoms with Crippen LogP contribution in [0.2, 0.25) is 0 Å². The van der Waals surface area contributed by atoms with Gasteiger partial charge in [0.1, 0.15) is 5.82 Å². The highest BCUT2D eigenvalue weighted by Gasteiger charge is 2.14. The van der Waals surface area contributed by atoms with E-state index < -0.39 is 0 Å². The van der Waals surface area contributed by atoms with Crippen molar-refractivity contribution in [1.29, 1.82) is 0 Å².